The number of carbonyl (C=O) groups excluding carboxylic acids is 1. The summed E-state index contributed by atoms with van der Waals surface area (Å²) in [5, 5.41) is 0. The van der Waals surface area contributed by atoms with Crippen molar-refractivity contribution in [2.45, 2.75) is 32.6 Å². The zero-order chi connectivity index (χ0) is 22.3. The van der Waals surface area contributed by atoms with Crippen LogP contribution in [0.4, 0.5) is 11.4 Å². The van der Waals surface area contributed by atoms with Gasteiger partial charge in [0, 0.05) is 12.2 Å². The third-order valence-corrected chi connectivity index (χ3v) is 7.00. The standard InChI is InChI=1S/C24H24N2O4S/c1-5-26-20-8-6-7-9-22(20)30-21-11-10-18(14-19(21)24(26)27)25-31(28,29)23-13-16(3)15(2)12-17(23)4/h6-14,25H,5H2,1-4H3. The average Bonchev–Trinajstić information content (AvgIpc) is 2.84. The van der Waals surface area contributed by atoms with Crippen LogP contribution in [0, 0.1) is 20.8 Å². The molecule has 3 aromatic carbocycles. The number of sulfonamides is 1. The molecule has 0 spiro atoms. The predicted octanol–water partition coefficient (Wildman–Crippen LogP) is 5.19. The Morgan fingerprint density at radius 1 is 0.903 bits per heavy atom. The molecule has 6 nitrogen and oxygen atoms in total. The quantitative estimate of drug-likeness (QED) is 0.611. The van der Waals surface area contributed by atoms with E-state index in [0.717, 1.165) is 11.1 Å². The Labute approximate surface area is 182 Å². The third-order valence-electron chi connectivity index (χ3n) is 5.48. The van der Waals surface area contributed by atoms with E-state index < -0.39 is 10.0 Å². The average molecular weight is 437 g/mol. The summed E-state index contributed by atoms with van der Waals surface area (Å²) in [6.07, 6.45) is 0. The summed E-state index contributed by atoms with van der Waals surface area (Å²) in [6, 6.07) is 15.6. The first-order chi connectivity index (χ1) is 14.7. The maximum Gasteiger partial charge on any atom is 0.262 e. The number of benzene rings is 3. The molecule has 1 aliphatic rings. The Hall–Kier alpha value is -3.32. The molecule has 7 heteroatoms. The van der Waals surface area contributed by atoms with Crippen LogP contribution < -0.4 is 14.4 Å². The first kappa shape index (κ1) is 20.9. The molecule has 0 saturated heterocycles. The maximum atomic E-state index is 13.2. The molecule has 0 unspecified atom stereocenters. The zero-order valence-corrected chi connectivity index (χ0v) is 18.7. The number of anilines is 2. The van der Waals surface area contributed by atoms with Gasteiger partial charge in [-0.25, -0.2) is 8.42 Å². The Morgan fingerprint density at radius 2 is 1.61 bits per heavy atom. The van der Waals surface area contributed by atoms with Crippen LogP contribution >= 0.6 is 0 Å². The van der Waals surface area contributed by atoms with Crippen molar-refractivity contribution in [1.82, 2.24) is 0 Å². The van der Waals surface area contributed by atoms with Crippen molar-refractivity contribution in [2.24, 2.45) is 0 Å². The van der Waals surface area contributed by atoms with Crippen LogP contribution in [0.1, 0.15) is 34.0 Å². The number of nitrogens with one attached hydrogen (secondary N) is 1. The van der Waals surface area contributed by atoms with Crippen molar-refractivity contribution >= 4 is 27.3 Å². The van der Waals surface area contributed by atoms with E-state index in [1.54, 1.807) is 36.1 Å². The molecular weight excluding hydrogens is 412 g/mol. The van der Waals surface area contributed by atoms with Gasteiger partial charge in [0.2, 0.25) is 0 Å². The van der Waals surface area contributed by atoms with Crippen molar-refractivity contribution in [3.05, 3.63) is 76.9 Å². The number of hydrogen-bond acceptors (Lipinski definition) is 4. The summed E-state index contributed by atoms with van der Waals surface area (Å²) >= 11 is 0. The van der Waals surface area contributed by atoms with Crippen LogP contribution in [0.15, 0.2) is 59.5 Å². The highest BCUT2D eigenvalue weighted by molar-refractivity contribution is 7.92. The van der Waals surface area contributed by atoms with Crippen LogP contribution in [0.2, 0.25) is 0 Å². The van der Waals surface area contributed by atoms with Gasteiger partial charge in [-0.2, -0.15) is 0 Å². The van der Waals surface area contributed by atoms with Crippen LogP contribution in [-0.2, 0) is 10.0 Å². The number of ether oxygens (including phenoxy) is 1. The lowest BCUT2D eigenvalue weighted by atomic mass is 10.1. The molecule has 1 aliphatic heterocycles. The predicted molar refractivity (Wildman–Crippen MR) is 122 cm³/mol. The van der Waals surface area contributed by atoms with Crippen LogP contribution in [-0.4, -0.2) is 20.9 Å². The molecule has 0 bridgehead atoms. The Balaban J connectivity index is 1.73. The number of carbonyl (C=O) groups is 1. The Bertz CT molecular complexity index is 1300. The van der Waals surface area contributed by atoms with Gasteiger partial charge in [-0.15, -0.1) is 0 Å². The van der Waals surface area contributed by atoms with E-state index in [9.17, 15) is 13.2 Å². The minimum atomic E-state index is -3.82. The smallest absolute Gasteiger partial charge is 0.262 e. The second-order valence-electron chi connectivity index (χ2n) is 7.64. The molecule has 160 valence electrons. The number of amides is 1. The molecule has 1 amide bonds. The van der Waals surface area contributed by atoms with Crippen LogP contribution in [0.5, 0.6) is 11.5 Å². The molecule has 0 radical (unpaired) electrons. The maximum absolute atomic E-state index is 13.2. The number of aryl methyl sites for hydroxylation is 3. The van der Waals surface area contributed by atoms with Gasteiger partial charge in [0.1, 0.15) is 5.75 Å². The fourth-order valence-corrected chi connectivity index (χ4v) is 5.10. The minimum absolute atomic E-state index is 0.218. The fraction of sp³-hybridized carbons (Fsp3) is 0.208. The van der Waals surface area contributed by atoms with Gasteiger partial charge >= 0.3 is 0 Å². The second kappa shape index (κ2) is 7.74. The Kier molecular flexibility index (Phi) is 5.23. The highest BCUT2D eigenvalue weighted by Gasteiger charge is 2.28. The third kappa shape index (κ3) is 3.77. The van der Waals surface area contributed by atoms with Gasteiger partial charge < -0.3 is 9.64 Å². The molecule has 1 N–H and O–H groups in total. The van der Waals surface area contributed by atoms with E-state index in [2.05, 4.69) is 4.72 Å². The Morgan fingerprint density at radius 3 is 2.35 bits per heavy atom. The molecule has 0 fully saturated rings. The topological polar surface area (TPSA) is 75.7 Å². The van der Waals surface area contributed by atoms with Crippen molar-refractivity contribution in [3.63, 3.8) is 0 Å². The van der Waals surface area contributed by atoms with Crippen molar-refractivity contribution in [1.29, 1.82) is 0 Å². The van der Waals surface area contributed by atoms with E-state index in [1.807, 2.05) is 45.0 Å². The molecule has 31 heavy (non-hydrogen) atoms. The number of fused-ring (bicyclic) bond motifs is 2. The van der Waals surface area contributed by atoms with Gasteiger partial charge in [-0.1, -0.05) is 18.2 Å². The zero-order valence-electron chi connectivity index (χ0n) is 17.9. The number of para-hydroxylation sites is 2. The van der Waals surface area contributed by atoms with E-state index in [1.165, 1.54) is 6.07 Å². The SMILES string of the molecule is CCN1C(=O)c2cc(NS(=O)(=O)c3cc(C)c(C)cc3C)ccc2Oc2ccccc21. The van der Waals surface area contributed by atoms with Crippen molar-refractivity contribution in [3.8, 4) is 11.5 Å². The molecule has 3 aromatic rings. The van der Waals surface area contributed by atoms with E-state index >= 15 is 0 Å². The van der Waals surface area contributed by atoms with Crippen molar-refractivity contribution in [2.75, 3.05) is 16.2 Å². The van der Waals surface area contributed by atoms with Gasteiger partial charge in [0.15, 0.2) is 5.75 Å². The van der Waals surface area contributed by atoms with Gasteiger partial charge in [-0.3, -0.25) is 9.52 Å². The highest BCUT2D eigenvalue weighted by atomic mass is 32.2. The first-order valence-electron chi connectivity index (χ1n) is 10.0. The van der Waals surface area contributed by atoms with Gasteiger partial charge in [0.05, 0.1) is 16.1 Å². The van der Waals surface area contributed by atoms with Crippen molar-refractivity contribution < 1.29 is 17.9 Å². The van der Waals surface area contributed by atoms with E-state index in [0.29, 0.717) is 40.5 Å². The summed E-state index contributed by atoms with van der Waals surface area (Å²) < 4.78 is 34.7. The summed E-state index contributed by atoms with van der Waals surface area (Å²) in [5.41, 5.74) is 3.87. The molecule has 0 saturated carbocycles. The first-order valence-corrected chi connectivity index (χ1v) is 11.5. The highest BCUT2D eigenvalue weighted by Crippen LogP contribution is 2.39. The lowest BCUT2D eigenvalue weighted by Gasteiger charge is -2.20. The second-order valence-corrected chi connectivity index (χ2v) is 9.29. The van der Waals surface area contributed by atoms with E-state index in [4.69, 9.17) is 4.74 Å². The largest absolute Gasteiger partial charge is 0.454 e. The summed E-state index contributed by atoms with van der Waals surface area (Å²) in [7, 11) is -3.82. The normalized spacial score (nSPS) is 13.2. The molecule has 0 atom stereocenters. The number of rotatable bonds is 4. The molecular formula is C24H24N2O4S. The monoisotopic (exact) mass is 436 g/mol. The summed E-state index contributed by atoms with van der Waals surface area (Å²) in [5.74, 6) is 0.722. The van der Waals surface area contributed by atoms with Gasteiger partial charge in [-0.05, 0) is 80.8 Å². The molecule has 1 heterocycles. The summed E-state index contributed by atoms with van der Waals surface area (Å²) in [6.45, 7) is 7.93. The number of hydrogen-bond donors (Lipinski definition) is 1. The fourth-order valence-electron chi connectivity index (χ4n) is 3.74. The minimum Gasteiger partial charge on any atom is -0.454 e. The molecule has 0 aromatic heterocycles. The van der Waals surface area contributed by atoms with Crippen LogP contribution in [0.25, 0.3) is 0 Å². The number of nitrogens with zero attached hydrogens (tertiary/aromatic N) is 1. The molecule has 0 aliphatic carbocycles. The van der Waals surface area contributed by atoms with Gasteiger partial charge in [0.25, 0.3) is 15.9 Å². The van der Waals surface area contributed by atoms with Crippen LogP contribution in [0.3, 0.4) is 0 Å². The molecule has 4 rings (SSSR count). The summed E-state index contributed by atoms with van der Waals surface area (Å²) in [4.78, 5) is 15.1. The lowest BCUT2D eigenvalue weighted by Crippen LogP contribution is -2.29. The van der Waals surface area contributed by atoms with E-state index in [-0.39, 0.29) is 10.8 Å². The lowest BCUT2D eigenvalue weighted by molar-refractivity contribution is 0.0988.